The number of hydrogen-bond acceptors (Lipinski definition) is 4. The van der Waals surface area contributed by atoms with E-state index in [4.69, 9.17) is 4.74 Å². The van der Waals surface area contributed by atoms with Gasteiger partial charge in [-0.15, -0.1) is 0 Å². The Bertz CT molecular complexity index is 1090. The molecule has 180 valence electrons. The Morgan fingerprint density at radius 3 is 2.41 bits per heavy atom. The van der Waals surface area contributed by atoms with Gasteiger partial charge in [-0.25, -0.2) is 0 Å². The van der Waals surface area contributed by atoms with Gasteiger partial charge in [-0.05, 0) is 42.3 Å². The number of nitrogens with one attached hydrogen (secondary N) is 3. The second-order valence-corrected chi connectivity index (χ2v) is 7.87. The number of carbonyl (C=O) groups excluding carboxylic acids is 1. The van der Waals surface area contributed by atoms with E-state index in [-0.39, 0.29) is 17.3 Å². The zero-order chi connectivity index (χ0) is 24.6. The molecular formula is C26H28F3N3O2. The average molecular weight is 472 g/mol. The van der Waals surface area contributed by atoms with Crippen molar-refractivity contribution in [2.45, 2.75) is 25.6 Å². The summed E-state index contributed by atoms with van der Waals surface area (Å²) in [4.78, 5) is 12.6. The van der Waals surface area contributed by atoms with E-state index in [1.807, 2.05) is 36.4 Å². The topological polar surface area (TPSA) is 62.4 Å². The SMILES string of the molecule is COc1cc(Nc2cccc(C(C)C(=O)NCCNCc3ccccc3)c2)cc(C(F)(F)F)c1. The molecule has 3 N–H and O–H groups in total. The van der Waals surface area contributed by atoms with Crippen LogP contribution in [0, 0.1) is 0 Å². The van der Waals surface area contributed by atoms with Gasteiger partial charge in [0.1, 0.15) is 5.75 Å². The van der Waals surface area contributed by atoms with Crippen LogP contribution in [0.25, 0.3) is 0 Å². The number of rotatable bonds is 10. The molecule has 1 unspecified atom stereocenters. The van der Waals surface area contributed by atoms with Crippen LogP contribution in [0.15, 0.2) is 72.8 Å². The number of anilines is 2. The van der Waals surface area contributed by atoms with Crippen LogP contribution in [-0.4, -0.2) is 26.1 Å². The van der Waals surface area contributed by atoms with Gasteiger partial charge in [0.25, 0.3) is 0 Å². The highest BCUT2D eigenvalue weighted by Crippen LogP contribution is 2.35. The number of carbonyl (C=O) groups is 1. The largest absolute Gasteiger partial charge is 0.497 e. The minimum Gasteiger partial charge on any atom is -0.497 e. The van der Waals surface area contributed by atoms with E-state index in [2.05, 4.69) is 16.0 Å². The molecule has 5 nitrogen and oxygen atoms in total. The predicted octanol–water partition coefficient (Wildman–Crippen LogP) is 5.47. The minimum absolute atomic E-state index is 0.0992. The first-order chi connectivity index (χ1) is 16.3. The van der Waals surface area contributed by atoms with E-state index >= 15 is 0 Å². The van der Waals surface area contributed by atoms with Gasteiger partial charge in [0.15, 0.2) is 0 Å². The maximum atomic E-state index is 13.2. The lowest BCUT2D eigenvalue weighted by Gasteiger charge is -2.16. The van der Waals surface area contributed by atoms with Crippen LogP contribution >= 0.6 is 0 Å². The number of halogens is 3. The Hall–Kier alpha value is -3.52. The van der Waals surface area contributed by atoms with E-state index in [1.165, 1.54) is 18.7 Å². The zero-order valence-electron chi connectivity index (χ0n) is 19.1. The second kappa shape index (κ2) is 11.6. The zero-order valence-corrected chi connectivity index (χ0v) is 19.1. The van der Waals surface area contributed by atoms with Crippen molar-refractivity contribution in [1.29, 1.82) is 0 Å². The van der Waals surface area contributed by atoms with Crippen molar-refractivity contribution in [3.63, 3.8) is 0 Å². The fourth-order valence-electron chi connectivity index (χ4n) is 3.41. The summed E-state index contributed by atoms with van der Waals surface area (Å²) in [6, 6.07) is 20.5. The second-order valence-electron chi connectivity index (χ2n) is 7.87. The van der Waals surface area contributed by atoms with Crippen molar-refractivity contribution in [2.75, 3.05) is 25.5 Å². The molecule has 0 aliphatic rings. The van der Waals surface area contributed by atoms with Crippen molar-refractivity contribution in [3.8, 4) is 5.75 Å². The summed E-state index contributed by atoms with van der Waals surface area (Å²) in [5, 5.41) is 9.17. The maximum absolute atomic E-state index is 13.2. The summed E-state index contributed by atoms with van der Waals surface area (Å²) >= 11 is 0. The first kappa shape index (κ1) is 25.1. The van der Waals surface area contributed by atoms with Gasteiger partial charge in [0.2, 0.25) is 5.91 Å². The molecule has 3 rings (SSSR count). The lowest BCUT2D eigenvalue weighted by molar-refractivity contribution is -0.137. The molecule has 3 aromatic carbocycles. The fraction of sp³-hybridized carbons (Fsp3) is 0.269. The summed E-state index contributed by atoms with van der Waals surface area (Å²) in [7, 11) is 1.32. The number of methoxy groups -OCH3 is 1. The number of amides is 1. The van der Waals surface area contributed by atoms with Gasteiger partial charge in [-0.1, -0.05) is 42.5 Å². The average Bonchev–Trinajstić information content (AvgIpc) is 2.83. The van der Waals surface area contributed by atoms with Crippen LogP contribution in [0.4, 0.5) is 24.5 Å². The van der Waals surface area contributed by atoms with Crippen LogP contribution in [0.2, 0.25) is 0 Å². The van der Waals surface area contributed by atoms with E-state index in [9.17, 15) is 18.0 Å². The molecule has 1 atom stereocenters. The molecule has 0 heterocycles. The Morgan fingerprint density at radius 2 is 1.71 bits per heavy atom. The van der Waals surface area contributed by atoms with Gasteiger partial charge < -0.3 is 20.7 Å². The standard InChI is InChI=1S/C26H28F3N3O2/c1-18(25(33)31-12-11-30-17-19-7-4-3-5-8-19)20-9-6-10-22(13-20)32-23-14-21(26(27,28)29)15-24(16-23)34-2/h3-10,13-16,18,30,32H,11-12,17H2,1-2H3,(H,31,33). The highest BCUT2D eigenvalue weighted by molar-refractivity contribution is 5.83. The molecule has 0 bridgehead atoms. The Kier molecular flexibility index (Phi) is 8.54. The molecule has 0 aliphatic heterocycles. The van der Waals surface area contributed by atoms with Gasteiger partial charge in [-0.3, -0.25) is 4.79 Å². The number of benzene rings is 3. The summed E-state index contributed by atoms with van der Waals surface area (Å²) in [5.74, 6) is -0.451. The smallest absolute Gasteiger partial charge is 0.416 e. The molecule has 0 saturated carbocycles. The molecule has 3 aromatic rings. The third-order valence-electron chi connectivity index (χ3n) is 5.31. The number of alkyl halides is 3. The molecule has 1 amide bonds. The van der Waals surface area contributed by atoms with Crippen LogP contribution in [-0.2, 0) is 17.5 Å². The van der Waals surface area contributed by atoms with Crippen LogP contribution in [0.1, 0.15) is 29.5 Å². The first-order valence-electron chi connectivity index (χ1n) is 10.9. The van der Waals surface area contributed by atoms with Crippen molar-refractivity contribution < 1.29 is 22.7 Å². The summed E-state index contributed by atoms with van der Waals surface area (Å²) < 4.78 is 44.6. The minimum atomic E-state index is -4.49. The molecule has 0 saturated heterocycles. The summed E-state index contributed by atoms with van der Waals surface area (Å²) in [6.07, 6.45) is -4.49. The fourth-order valence-corrected chi connectivity index (χ4v) is 3.41. The summed E-state index contributed by atoms with van der Waals surface area (Å²) in [6.45, 7) is 3.63. The third kappa shape index (κ3) is 7.25. The first-order valence-corrected chi connectivity index (χ1v) is 10.9. The molecule has 34 heavy (non-hydrogen) atoms. The van der Waals surface area contributed by atoms with Gasteiger partial charge >= 0.3 is 6.18 Å². The van der Waals surface area contributed by atoms with Crippen LogP contribution in [0.5, 0.6) is 5.75 Å². The van der Waals surface area contributed by atoms with Crippen molar-refractivity contribution >= 4 is 17.3 Å². The van der Waals surface area contributed by atoms with E-state index in [1.54, 1.807) is 25.1 Å². The van der Waals surface area contributed by atoms with E-state index < -0.39 is 17.7 Å². The van der Waals surface area contributed by atoms with Gasteiger partial charge in [0.05, 0.1) is 18.6 Å². The van der Waals surface area contributed by atoms with Crippen molar-refractivity contribution in [2.24, 2.45) is 0 Å². The quantitative estimate of drug-likeness (QED) is 0.343. The lowest BCUT2D eigenvalue weighted by Crippen LogP contribution is -2.34. The molecule has 0 radical (unpaired) electrons. The van der Waals surface area contributed by atoms with Crippen LogP contribution < -0.4 is 20.7 Å². The molecule has 0 aliphatic carbocycles. The Labute approximate surface area is 197 Å². The van der Waals surface area contributed by atoms with Crippen LogP contribution in [0.3, 0.4) is 0 Å². The highest BCUT2D eigenvalue weighted by atomic mass is 19.4. The van der Waals surface area contributed by atoms with E-state index in [0.29, 0.717) is 18.8 Å². The lowest BCUT2D eigenvalue weighted by atomic mass is 9.99. The molecule has 8 heteroatoms. The van der Waals surface area contributed by atoms with Gasteiger partial charge in [0, 0.05) is 37.1 Å². The maximum Gasteiger partial charge on any atom is 0.416 e. The van der Waals surface area contributed by atoms with Crippen molar-refractivity contribution in [1.82, 2.24) is 10.6 Å². The Balaban J connectivity index is 1.57. The predicted molar refractivity (Wildman–Crippen MR) is 127 cm³/mol. The molecule has 0 fully saturated rings. The van der Waals surface area contributed by atoms with Gasteiger partial charge in [-0.2, -0.15) is 13.2 Å². The molecule has 0 aromatic heterocycles. The highest BCUT2D eigenvalue weighted by Gasteiger charge is 2.31. The normalized spacial score (nSPS) is 12.1. The monoisotopic (exact) mass is 471 g/mol. The summed E-state index contributed by atoms with van der Waals surface area (Å²) in [5.41, 5.74) is 1.93. The molecule has 0 spiro atoms. The molecular weight excluding hydrogens is 443 g/mol. The third-order valence-corrected chi connectivity index (χ3v) is 5.31. The Morgan fingerprint density at radius 1 is 0.941 bits per heavy atom. The van der Waals surface area contributed by atoms with E-state index in [0.717, 1.165) is 24.2 Å². The number of hydrogen-bond donors (Lipinski definition) is 3. The number of ether oxygens (including phenoxy) is 1. The van der Waals surface area contributed by atoms with Crippen molar-refractivity contribution in [3.05, 3.63) is 89.5 Å².